The summed E-state index contributed by atoms with van der Waals surface area (Å²) in [5.74, 6) is 0.943. The maximum atomic E-state index is 13.8. The van der Waals surface area contributed by atoms with E-state index in [0.29, 0.717) is 40.4 Å². The Bertz CT molecular complexity index is 1460. The highest BCUT2D eigenvalue weighted by atomic mass is 19.1. The predicted molar refractivity (Wildman–Crippen MR) is 176 cm³/mol. The highest BCUT2D eigenvalue weighted by molar-refractivity contribution is 6.02. The third-order valence-corrected chi connectivity index (χ3v) is 8.16. The Morgan fingerprint density at radius 2 is 1.30 bits per heavy atom. The van der Waals surface area contributed by atoms with Crippen molar-refractivity contribution in [3.8, 4) is 33.8 Å². The van der Waals surface area contributed by atoms with E-state index >= 15 is 0 Å². The van der Waals surface area contributed by atoms with E-state index in [4.69, 9.17) is 13.9 Å². The normalized spacial score (nSPS) is 11.2. The van der Waals surface area contributed by atoms with E-state index < -0.39 is 5.63 Å². The number of fused-ring (bicyclic) bond motifs is 1. The van der Waals surface area contributed by atoms with Crippen LogP contribution in [0.25, 0.3) is 33.2 Å². The SMILES string of the molecule is CCCCCCCCCCCCCCCCOc1ccccc1-c1c(-c2ccc(F)cc2)c(=O)oc2cc(OC)ccc12. The number of ether oxygens (including phenoxy) is 2. The summed E-state index contributed by atoms with van der Waals surface area (Å²) in [4.78, 5) is 13.4. The minimum atomic E-state index is -0.496. The van der Waals surface area contributed by atoms with Crippen LogP contribution in [0.4, 0.5) is 4.39 Å². The lowest BCUT2D eigenvalue weighted by Crippen LogP contribution is -2.07. The molecule has 5 heteroatoms. The lowest BCUT2D eigenvalue weighted by Gasteiger charge is -2.17. The molecule has 0 amide bonds. The van der Waals surface area contributed by atoms with Gasteiger partial charge in [0.25, 0.3) is 0 Å². The summed E-state index contributed by atoms with van der Waals surface area (Å²) in [6.45, 7) is 2.88. The van der Waals surface area contributed by atoms with Crippen molar-refractivity contribution in [3.05, 3.63) is 83.0 Å². The molecule has 1 aromatic heterocycles. The first-order chi connectivity index (χ1) is 21.1. The van der Waals surface area contributed by atoms with Gasteiger partial charge in [-0.25, -0.2) is 9.18 Å². The van der Waals surface area contributed by atoms with Crippen molar-refractivity contribution in [3.63, 3.8) is 0 Å². The quantitative estimate of drug-likeness (QED) is 0.0810. The standard InChI is InChI=1S/C38H47FO4/c1-3-4-5-6-7-8-9-10-11-12-13-14-15-18-27-42-34-20-17-16-19-32(34)37-33-26-25-31(41-2)28-35(33)43-38(40)36(37)29-21-23-30(39)24-22-29/h16-17,19-26,28H,3-15,18,27H2,1-2H3. The van der Waals surface area contributed by atoms with E-state index in [1.807, 2.05) is 36.4 Å². The second kappa shape index (κ2) is 17.5. The molecular formula is C38H47FO4. The van der Waals surface area contributed by atoms with Crippen LogP contribution in [-0.2, 0) is 0 Å². The lowest BCUT2D eigenvalue weighted by molar-refractivity contribution is 0.305. The van der Waals surface area contributed by atoms with Crippen LogP contribution in [0.5, 0.6) is 11.5 Å². The van der Waals surface area contributed by atoms with Gasteiger partial charge in [0.05, 0.1) is 19.3 Å². The van der Waals surface area contributed by atoms with E-state index in [-0.39, 0.29) is 5.82 Å². The number of unbranched alkanes of at least 4 members (excludes halogenated alkanes) is 13. The maximum Gasteiger partial charge on any atom is 0.344 e. The van der Waals surface area contributed by atoms with Crippen molar-refractivity contribution in [2.24, 2.45) is 0 Å². The Balaban J connectivity index is 1.37. The van der Waals surface area contributed by atoms with Gasteiger partial charge in [-0.2, -0.15) is 0 Å². The van der Waals surface area contributed by atoms with Gasteiger partial charge in [-0.15, -0.1) is 0 Å². The van der Waals surface area contributed by atoms with Crippen LogP contribution in [0, 0.1) is 5.82 Å². The number of para-hydroxylation sites is 1. The lowest BCUT2D eigenvalue weighted by atomic mass is 9.92. The Labute approximate surface area is 256 Å². The first-order valence-electron chi connectivity index (χ1n) is 16.3. The summed E-state index contributed by atoms with van der Waals surface area (Å²) in [5.41, 5.74) is 2.40. The summed E-state index contributed by atoms with van der Waals surface area (Å²) in [5, 5.41) is 0.757. The highest BCUT2D eigenvalue weighted by Crippen LogP contribution is 2.41. The van der Waals surface area contributed by atoms with Gasteiger partial charge in [0, 0.05) is 22.6 Å². The van der Waals surface area contributed by atoms with Crippen LogP contribution in [-0.4, -0.2) is 13.7 Å². The van der Waals surface area contributed by atoms with Gasteiger partial charge in [-0.3, -0.25) is 0 Å². The largest absolute Gasteiger partial charge is 0.497 e. The molecule has 43 heavy (non-hydrogen) atoms. The fourth-order valence-electron chi connectivity index (χ4n) is 5.74. The van der Waals surface area contributed by atoms with Crippen LogP contribution in [0.15, 0.2) is 75.9 Å². The molecule has 0 spiro atoms. The van der Waals surface area contributed by atoms with E-state index in [1.54, 1.807) is 25.3 Å². The van der Waals surface area contributed by atoms with E-state index in [1.165, 1.54) is 89.2 Å². The van der Waals surface area contributed by atoms with Gasteiger partial charge < -0.3 is 13.9 Å². The molecule has 0 N–H and O–H groups in total. The minimum absolute atomic E-state index is 0.364. The van der Waals surface area contributed by atoms with Gasteiger partial charge in [0.1, 0.15) is 22.9 Å². The number of methoxy groups -OCH3 is 1. The molecular weight excluding hydrogens is 539 g/mol. The number of rotatable bonds is 19. The van der Waals surface area contributed by atoms with Crippen LogP contribution in [0.1, 0.15) is 96.8 Å². The third-order valence-electron chi connectivity index (χ3n) is 8.16. The zero-order valence-corrected chi connectivity index (χ0v) is 26.0. The first kappa shape index (κ1) is 32.3. The number of hydrogen-bond donors (Lipinski definition) is 0. The van der Waals surface area contributed by atoms with Gasteiger partial charge >= 0.3 is 5.63 Å². The zero-order valence-electron chi connectivity index (χ0n) is 26.0. The van der Waals surface area contributed by atoms with Crippen molar-refractivity contribution in [1.82, 2.24) is 0 Å². The van der Waals surface area contributed by atoms with Crippen LogP contribution < -0.4 is 15.1 Å². The second-order valence-corrected chi connectivity index (χ2v) is 11.4. The summed E-state index contributed by atoms with van der Waals surface area (Å²) in [7, 11) is 1.58. The Kier molecular flexibility index (Phi) is 13.2. The van der Waals surface area contributed by atoms with Crippen molar-refractivity contribution in [1.29, 1.82) is 0 Å². The minimum Gasteiger partial charge on any atom is -0.497 e. The molecule has 1 heterocycles. The molecule has 4 aromatic rings. The summed E-state index contributed by atoms with van der Waals surface area (Å²) in [6, 6.07) is 19.2. The van der Waals surface area contributed by atoms with Crippen molar-refractivity contribution in [2.75, 3.05) is 13.7 Å². The third kappa shape index (κ3) is 9.44. The molecule has 0 aliphatic rings. The average Bonchev–Trinajstić information content (AvgIpc) is 3.02. The summed E-state index contributed by atoms with van der Waals surface area (Å²) >= 11 is 0. The molecule has 4 nitrogen and oxygen atoms in total. The molecule has 0 saturated carbocycles. The van der Waals surface area contributed by atoms with E-state index in [9.17, 15) is 9.18 Å². The fraction of sp³-hybridized carbons (Fsp3) is 0.447. The summed E-state index contributed by atoms with van der Waals surface area (Å²) in [6.07, 6.45) is 18.3. The molecule has 0 bridgehead atoms. The molecule has 0 radical (unpaired) electrons. The van der Waals surface area contributed by atoms with Crippen LogP contribution in [0.3, 0.4) is 0 Å². The average molecular weight is 587 g/mol. The van der Waals surface area contributed by atoms with Gasteiger partial charge in [-0.05, 0) is 42.3 Å². The Morgan fingerprint density at radius 1 is 0.698 bits per heavy atom. The maximum absolute atomic E-state index is 13.8. The molecule has 230 valence electrons. The Morgan fingerprint density at radius 3 is 1.93 bits per heavy atom. The summed E-state index contributed by atoms with van der Waals surface area (Å²) < 4.78 is 31.2. The highest BCUT2D eigenvalue weighted by Gasteiger charge is 2.21. The molecule has 0 unspecified atom stereocenters. The topological polar surface area (TPSA) is 48.7 Å². The van der Waals surface area contributed by atoms with Crippen LogP contribution >= 0.6 is 0 Å². The van der Waals surface area contributed by atoms with Crippen molar-refractivity contribution >= 4 is 11.0 Å². The first-order valence-corrected chi connectivity index (χ1v) is 16.3. The van der Waals surface area contributed by atoms with Crippen molar-refractivity contribution < 1.29 is 18.3 Å². The number of halogens is 1. The zero-order chi connectivity index (χ0) is 30.3. The number of benzene rings is 3. The predicted octanol–water partition coefficient (Wildman–Crippen LogP) is 11.1. The Hall–Kier alpha value is -3.60. The van der Waals surface area contributed by atoms with E-state index in [0.717, 1.165) is 23.8 Å². The van der Waals surface area contributed by atoms with Gasteiger partial charge in [-0.1, -0.05) is 121 Å². The van der Waals surface area contributed by atoms with E-state index in [2.05, 4.69) is 6.92 Å². The molecule has 0 aliphatic heterocycles. The number of hydrogen-bond acceptors (Lipinski definition) is 4. The van der Waals surface area contributed by atoms with Crippen molar-refractivity contribution in [2.45, 2.75) is 96.8 Å². The molecule has 0 aliphatic carbocycles. The molecule has 3 aromatic carbocycles. The van der Waals surface area contributed by atoms with Gasteiger partial charge in [0.15, 0.2) is 0 Å². The van der Waals surface area contributed by atoms with Gasteiger partial charge in [0.2, 0.25) is 0 Å². The molecule has 4 rings (SSSR count). The monoisotopic (exact) mass is 586 g/mol. The molecule has 0 fully saturated rings. The smallest absolute Gasteiger partial charge is 0.344 e. The second-order valence-electron chi connectivity index (χ2n) is 11.4. The van der Waals surface area contributed by atoms with Crippen LogP contribution in [0.2, 0.25) is 0 Å². The fourth-order valence-corrected chi connectivity index (χ4v) is 5.74. The molecule has 0 saturated heterocycles. The molecule has 0 atom stereocenters.